The van der Waals surface area contributed by atoms with Crippen LogP contribution in [0.25, 0.3) is 0 Å². The van der Waals surface area contributed by atoms with Crippen molar-refractivity contribution in [1.29, 1.82) is 0 Å². The van der Waals surface area contributed by atoms with Crippen molar-refractivity contribution >= 4 is 69.2 Å². The molecule has 0 aliphatic carbocycles. The lowest BCUT2D eigenvalue weighted by molar-refractivity contribution is 0.00212. The number of nitrogens with one attached hydrogen (secondary N) is 1. The number of methoxy groups -OCH3 is 4. The number of fused-ring (bicyclic) bond motifs is 1. The Kier molecular flexibility index (Phi) is 18.9. The van der Waals surface area contributed by atoms with Gasteiger partial charge in [-0.2, -0.15) is 0 Å². The second kappa shape index (κ2) is 24.2. The van der Waals surface area contributed by atoms with Gasteiger partial charge in [0.2, 0.25) is 0 Å². The van der Waals surface area contributed by atoms with Crippen LogP contribution in [0.5, 0.6) is 23.0 Å². The summed E-state index contributed by atoms with van der Waals surface area (Å²) in [5.41, 5.74) is 1.87. The number of aliphatic hydroxyl groups is 1. The third-order valence-corrected chi connectivity index (χ3v) is 14.1. The number of rotatable bonds is 13. The summed E-state index contributed by atoms with van der Waals surface area (Å²) in [7, 11) is 6.41. The van der Waals surface area contributed by atoms with Gasteiger partial charge in [-0.15, -0.1) is 0 Å². The van der Waals surface area contributed by atoms with Gasteiger partial charge in [-0.25, -0.2) is 9.59 Å². The first-order chi connectivity index (χ1) is 33.6. The molecule has 2 aromatic heterocycles. The predicted octanol–water partition coefficient (Wildman–Crippen LogP) is 9.24. The quantitative estimate of drug-likeness (QED) is 0.122. The van der Waals surface area contributed by atoms with E-state index in [0.29, 0.717) is 92.4 Å². The minimum Gasteiger partial charge on any atom is -0.497 e. The fourth-order valence-electron chi connectivity index (χ4n) is 9.18. The molecule has 388 valence electrons. The fraction of sp³-hybridized carbons (Fsp3) is 0.538. The zero-order valence-electron chi connectivity index (χ0n) is 42.6. The molecule has 0 bridgehead atoms. The van der Waals surface area contributed by atoms with E-state index in [9.17, 15) is 24.3 Å². The van der Waals surface area contributed by atoms with Crippen molar-refractivity contribution in [3.05, 3.63) is 90.6 Å². The van der Waals surface area contributed by atoms with E-state index in [1.807, 2.05) is 82.8 Å². The van der Waals surface area contributed by atoms with Gasteiger partial charge in [0.15, 0.2) is 0 Å². The van der Waals surface area contributed by atoms with Gasteiger partial charge in [0.25, 0.3) is 11.8 Å². The molecule has 4 amide bonds. The highest BCUT2D eigenvalue weighted by atomic mass is 127. The molecule has 2 unspecified atom stereocenters. The van der Waals surface area contributed by atoms with E-state index in [1.54, 1.807) is 61.5 Å². The number of nitrogens with zero attached hydrogens (tertiary/aromatic N) is 5. The summed E-state index contributed by atoms with van der Waals surface area (Å²) in [5, 5.41) is 11.2. The summed E-state index contributed by atoms with van der Waals surface area (Å²) in [6, 6.07) is 15.0. The zero-order chi connectivity index (χ0) is 51.8. The maximum Gasteiger partial charge on any atom is 0.410 e. The number of hydrogen-bond donors (Lipinski definition) is 2. The van der Waals surface area contributed by atoms with Crippen molar-refractivity contribution in [2.75, 3.05) is 67.7 Å². The van der Waals surface area contributed by atoms with Crippen molar-refractivity contribution in [3.8, 4) is 23.0 Å². The molecule has 2 atom stereocenters. The largest absolute Gasteiger partial charge is 0.497 e. The zero-order valence-corrected chi connectivity index (χ0v) is 46.9. The Hall–Kier alpha value is -4.90. The normalized spacial score (nSPS) is 17.1. The Balaban J connectivity index is 0.000000232. The number of benzene rings is 2. The number of aliphatic hydroxyl groups excluding tert-OH is 1. The number of ether oxygens (including phenoxy) is 6. The van der Waals surface area contributed by atoms with Crippen LogP contribution in [-0.2, 0) is 22.6 Å². The fourth-order valence-corrected chi connectivity index (χ4v) is 10.2. The van der Waals surface area contributed by atoms with Crippen LogP contribution in [-0.4, -0.2) is 143 Å². The summed E-state index contributed by atoms with van der Waals surface area (Å²) < 4.78 is 36.9. The molecular weight excluding hydrogens is 1140 g/mol. The summed E-state index contributed by atoms with van der Waals surface area (Å²) in [6.45, 7) is 15.0. The van der Waals surface area contributed by atoms with Gasteiger partial charge in [0.1, 0.15) is 45.6 Å². The number of piperidine rings is 2. The van der Waals surface area contributed by atoms with Crippen molar-refractivity contribution in [2.45, 2.75) is 104 Å². The predicted molar refractivity (Wildman–Crippen MR) is 285 cm³/mol. The molecular formula is C52H70I2N6O11. The van der Waals surface area contributed by atoms with E-state index in [2.05, 4.69) is 60.9 Å². The lowest BCUT2D eigenvalue weighted by Crippen LogP contribution is -2.48. The smallest absolute Gasteiger partial charge is 0.410 e. The first-order valence-electron chi connectivity index (χ1n) is 24.0. The minimum atomic E-state index is -0.743. The topological polar surface area (TPSA) is 178 Å². The molecule has 2 fully saturated rings. The van der Waals surface area contributed by atoms with Crippen molar-refractivity contribution in [2.24, 2.45) is 11.8 Å². The van der Waals surface area contributed by atoms with Crippen LogP contribution in [0.3, 0.4) is 0 Å². The number of carbonyl (C=O) groups is 4. The van der Waals surface area contributed by atoms with Crippen LogP contribution in [0.1, 0.15) is 105 Å². The van der Waals surface area contributed by atoms with Crippen molar-refractivity contribution in [1.82, 2.24) is 29.2 Å². The Labute approximate surface area is 445 Å². The van der Waals surface area contributed by atoms with E-state index in [-0.39, 0.29) is 49.1 Å². The standard InChI is InChI=1S/C26H36IN3O6.C26H34IN3O5/c1-26(2,3)36-25(33)29-10-8-17(9-11-29)22(31)16-30(24(32)21-12-19(27)14-28-21)15-18-6-7-20(34-4)13-23(18)35-5;1-26(2,3)35-25(32)28-10-8-17(9-11-28)22-16-29(24(31)21-12-19(27)15-30(21)22)14-18-6-7-20(33-4)13-23(18)34-5/h6-7,12-14,17,22,28,31H,8-11,15-16H2,1-5H3;6-7,12-13,15,17,22H,8-11,14,16H2,1-5H3. The Morgan fingerprint density at radius 3 is 1.79 bits per heavy atom. The maximum atomic E-state index is 13.4. The minimum absolute atomic E-state index is 0.0215. The van der Waals surface area contributed by atoms with Crippen molar-refractivity contribution in [3.63, 3.8) is 0 Å². The van der Waals surface area contributed by atoms with E-state index < -0.39 is 17.3 Å². The number of halogens is 2. The number of carbonyl (C=O) groups excluding carboxylic acids is 4. The van der Waals surface area contributed by atoms with Crippen LogP contribution in [0.4, 0.5) is 9.59 Å². The molecule has 3 aliphatic rings. The van der Waals surface area contributed by atoms with Gasteiger partial charge in [-0.05, 0) is 161 Å². The molecule has 7 rings (SSSR count). The SMILES string of the molecule is COc1ccc(CN(CC(O)C2CCN(C(=O)OC(C)(C)C)CC2)C(=O)c2cc(I)c[nH]2)c(OC)c1.COc1ccc(CN2CC(C3CCN(C(=O)OC(C)(C)C)CC3)n3cc(I)cc3C2=O)c(OC)c1. The average molecular weight is 1210 g/mol. The second-order valence-corrected chi connectivity index (χ2v) is 22.6. The Morgan fingerprint density at radius 2 is 1.28 bits per heavy atom. The van der Waals surface area contributed by atoms with Gasteiger partial charge in [0, 0.05) is 95.2 Å². The molecule has 2 N–H and O–H groups in total. The van der Waals surface area contributed by atoms with Crippen LogP contribution in [0.15, 0.2) is 60.9 Å². The molecule has 5 heterocycles. The second-order valence-electron chi connectivity index (χ2n) is 20.2. The number of H-pyrrole nitrogens is 1. The summed E-state index contributed by atoms with van der Waals surface area (Å²) in [5.74, 6) is 2.81. The summed E-state index contributed by atoms with van der Waals surface area (Å²) in [4.78, 5) is 61.8. The van der Waals surface area contributed by atoms with Crippen LogP contribution >= 0.6 is 45.2 Å². The highest BCUT2D eigenvalue weighted by Gasteiger charge is 2.39. The van der Waals surface area contributed by atoms with Crippen LogP contribution in [0.2, 0.25) is 0 Å². The molecule has 2 saturated heterocycles. The number of amides is 4. The lowest BCUT2D eigenvalue weighted by Gasteiger charge is -2.42. The first kappa shape index (κ1) is 55.4. The number of likely N-dealkylation sites (tertiary alicyclic amines) is 2. The molecule has 2 aromatic carbocycles. The maximum absolute atomic E-state index is 13.4. The third-order valence-electron chi connectivity index (χ3n) is 12.8. The van der Waals surface area contributed by atoms with E-state index in [1.165, 1.54) is 0 Å². The third kappa shape index (κ3) is 14.9. The van der Waals surface area contributed by atoms with E-state index in [0.717, 1.165) is 31.1 Å². The van der Waals surface area contributed by atoms with Gasteiger partial charge in [0.05, 0.1) is 40.6 Å². The monoisotopic (exact) mass is 1210 g/mol. The van der Waals surface area contributed by atoms with Gasteiger partial charge < -0.3 is 62.7 Å². The molecule has 0 radical (unpaired) electrons. The summed E-state index contributed by atoms with van der Waals surface area (Å²) >= 11 is 4.42. The Morgan fingerprint density at radius 1 is 0.746 bits per heavy atom. The highest BCUT2D eigenvalue weighted by Crippen LogP contribution is 2.37. The molecule has 19 heteroatoms. The number of aromatic amines is 1. The summed E-state index contributed by atoms with van der Waals surface area (Å²) in [6.07, 6.45) is 5.51. The van der Waals surface area contributed by atoms with Crippen molar-refractivity contribution < 1.29 is 52.7 Å². The lowest BCUT2D eigenvalue weighted by atomic mass is 9.87. The average Bonchev–Trinajstić information content (AvgIpc) is 3.96. The van der Waals surface area contributed by atoms with Crippen LogP contribution in [0, 0.1) is 19.0 Å². The molecule has 0 spiro atoms. The first-order valence-corrected chi connectivity index (χ1v) is 26.1. The molecule has 17 nitrogen and oxygen atoms in total. The molecule has 0 saturated carbocycles. The molecule has 4 aromatic rings. The van der Waals surface area contributed by atoms with E-state index >= 15 is 0 Å². The van der Waals surface area contributed by atoms with E-state index in [4.69, 9.17) is 28.4 Å². The van der Waals surface area contributed by atoms with Crippen LogP contribution < -0.4 is 18.9 Å². The molecule has 71 heavy (non-hydrogen) atoms. The van der Waals surface area contributed by atoms with Gasteiger partial charge in [-0.3, -0.25) is 9.59 Å². The number of aromatic nitrogens is 2. The van der Waals surface area contributed by atoms with Gasteiger partial charge in [-0.1, -0.05) is 0 Å². The van der Waals surface area contributed by atoms with Gasteiger partial charge >= 0.3 is 12.2 Å². The highest BCUT2D eigenvalue weighted by molar-refractivity contribution is 14.1. The number of hydrogen-bond acceptors (Lipinski definition) is 11. The molecule has 3 aliphatic heterocycles. The Bertz CT molecular complexity index is 2470.